The van der Waals surface area contributed by atoms with Crippen molar-refractivity contribution < 1.29 is 8.42 Å². The van der Waals surface area contributed by atoms with Crippen molar-refractivity contribution in [2.75, 3.05) is 7.05 Å². The molecule has 0 fully saturated rings. The standard InChI is InChI=1S/C13H18N4O2S/c1-9-5-6-12(7-10(9)2)20(18,19)17(4)8-13-14-11(3)15-16-13/h5-7H,8H2,1-4H3,(H,14,15,16). The van der Waals surface area contributed by atoms with Crippen LogP contribution in [0.3, 0.4) is 0 Å². The molecule has 6 nitrogen and oxygen atoms in total. The average molecular weight is 294 g/mol. The van der Waals surface area contributed by atoms with Crippen molar-refractivity contribution in [1.29, 1.82) is 0 Å². The maximum atomic E-state index is 12.5. The molecular weight excluding hydrogens is 276 g/mol. The van der Waals surface area contributed by atoms with E-state index in [1.165, 1.54) is 11.4 Å². The van der Waals surface area contributed by atoms with Gasteiger partial charge in [-0.2, -0.15) is 9.40 Å². The van der Waals surface area contributed by atoms with E-state index in [4.69, 9.17) is 0 Å². The Morgan fingerprint density at radius 2 is 1.90 bits per heavy atom. The van der Waals surface area contributed by atoms with E-state index < -0.39 is 10.0 Å². The van der Waals surface area contributed by atoms with Crippen LogP contribution in [-0.4, -0.2) is 35.0 Å². The Balaban J connectivity index is 2.27. The molecule has 0 spiro atoms. The van der Waals surface area contributed by atoms with Crippen LogP contribution in [0.15, 0.2) is 23.1 Å². The lowest BCUT2D eigenvalue weighted by Crippen LogP contribution is -2.27. The molecule has 0 amide bonds. The van der Waals surface area contributed by atoms with Crippen molar-refractivity contribution in [3.05, 3.63) is 41.0 Å². The molecule has 2 rings (SSSR count). The highest BCUT2D eigenvalue weighted by Crippen LogP contribution is 2.19. The summed E-state index contributed by atoms with van der Waals surface area (Å²) in [6.45, 7) is 5.76. The maximum absolute atomic E-state index is 12.5. The quantitative estimate of drug-likeness (QED) is 0.928. The number of H-pyrrole nitrogens is 1. The first kappa shape index (κ1) is 14.7. The molecule has 1 aromatic carbocycles. The Labute approximate surface area is 118 Å². The van der Waals surface area contributed by atoms with Gasteiger partial charge in [0.1, 0.15) is 5.82 Å². The topological polar surface area (TPSA) is 79.0 Å². The number of hydrogen-bond acceptors (Lipinski definition) is 4. The predicted octanol–water partition coefficient (Wildman–Crippen LogP) is 1.55. The molecular formula is C13H18N4O2S. The lowest BCUT2D eigenvalue weighted by atomic mass is 10.1. The average Bonchev–Trinajstić information content (AvgIpc) is 2.78. The van der Waals surface area contributed by atoms with Crippen LogP contribution in [0.1, 0.15) is 22.8 Å². The highest BCUT2D eigenvalue weighted by atomic mass is 32.2. The smallest absolute Gasteiger partial charge is 0.243 e. The minimum atomic E-state index is -3.53. The SMILES string of the molecule is Cc1nc(CN(C)S(=O)(=O)c2ccc(C)c(C)c2)n[nH]1. The normalized spacial score (nSPS) is 12.1. The Morgan fingerprint density at radius 3 is 2.45 bits per heavy atom. The summed E-state index contributed by atoms with van der Waals surface area (Å²) in [6, 6.07) is 5.12. The Kier molecular flexibility index (Phi) is 3.92. The van der Waals surface area contributed by atoms with E-state index in [2.05, 4.69) is 15.2 Å². The minimum absolute atomic E-state index is 0.138. The van der Waals surface area contributed by atoms with Gasteiger partial charge in [-0.25, -0.2) is 13.4 Å². The number of aromatic nitrogens is 3. The third-order valence-electron chi connectivity index (χ3n) is 3.19. The molecule has 1 N–H and O–H groups in total. The molecule has 0 aliphatic carbocycles. The van der Waals surface area contributed by atoms with Crippen LogP contribution >= 0.6 is 0 Å². The lowest BCUT2D eigenvalue weighted by Gasteiger charge is -2.16. The molecule has 0 aliphatic heterocycles. The second-order valence-electron chi connectivity index (χ2n) is 4.84. The van der Waals surface area contributed by atoms with Gasteiger partial charge >= 0.3 is 0 Å². The van der Waals surface area contributed by atoms with Gasteiger partial charge in [0.2, 0.25) is 10.0 Å². The molecule has 0 aliphatic rings. The first-order chi connectivity index (χ1) is 9.30. The van der Waals surface area contributed by atoms with E-state index in [1.54, 1.807) is 19.1 Å². The Hall–Kier alpha value is -1.73. The molecule has 1 heterocycles. The van der Waals surface area contributed by atoms with E-state index in [-0.39, 0.29) is 11.4 Å². The van der Waals surface area contributed by atoms with Crippen LogP contribution < -0.4 is 0 Å². The number of nitrogens with one attached hydrogen (secondary N) is 1. The fraction of sp³-hybridized carbons (Fsp3) is 0.385. The Morgan fingerprint density at radius 1 is 1.20 bits per heavy atom. The zero-order valence-corrected chi connectivity index (χ0v) is 12.8. The van der Waals surface area contributed by atoms with Gasteiger partial charge in [-0.15, -0.1) is 0 Å². The van der Waals surface area contributed by atoms with Crippen molar-refractivity contribution in [3.63, 3.8) is 0 Å². The number of rotatable bonds is 4. The first-order valence-corrected chi connectivity index (χ1v) is 7.66. The summed E-state index contributed by atoms with van der Waals surface area (Å²) in [5.41, 5.74) is 2.02. The first-order valence-electron chi connectivity index (χ1n) is 6.22. The number of sulfonamides is 1. The summed E-state index contributed by atoms with van der Waals surface area (Å²) >= 11 is 0. The van der Waals surface area contributed by atoms with E-state index in [0.717, 1.165) is 11.1 Å². The summed E-state index contributed by atoms with van der Waals surface area (Å²) in [5.74, 6) is 1.12. The number of aromatic amines is 1. The van der Waals surface area contributed by atoms with Crippen molar-refractivity contribution in [2.45, 2.75) is 32.2 Å². The molecule has 2 aromatic rings. The van der Waals surface area contributed by atoms with E-state index in [1.807, 2.05) is 19.9 Å². The lowest BCUT2D eigenvalue weighted by molar-refractivity contribution is 0.457. The van der Waals surface area contributed by atoms with Gasteiger partial charge in [0, 0.05) is 7.05 Å². The molecule has 0 unspecified atom stereocenters. The van der Waals surface area contributed by atoms with Gasteiger partial charge in [0.05, 0.1) is 11.4 Å². The fourth-order valence-electron chi connectivity index (χ4n) is 1.80. The van der Waals surface area contributed by atoms with Gasteiger partial charge < -0.3 is 0 Å². The second-order valence-corrected chi connectivity index (χ2v) is 6.89. The van der Waals surface area contributed by atoms with Gasteiger partial charge in [-0.05, 0) is 44.0 Å². The molecule has 0 saturated heterocycles. The van der Waals surface area contributed by atoms with E-state index >= 15 is 0 Å². The van der Waals surface area contributed by atoms with Crippen molar-refractivity contribution in [2.24, 2.45) is 0 Å². The molecule has 108 valence electrons. The van der Waals surface area contributed by atoms with Crippen molar-refractivity contribution >= 4 is 10.0 Å². The van der Waals surface area contributed by atoms with Crippen LogP contribution in [0, 0.1) is 20.8 Å². The molecule has 0 bridgehead atoms. The highest BCUT2D eigenvalue weighted by molar-refractivity contribution is 7.89. The third kappa shape index (κ3) is 2.88. The minimum Gasteiger partial charge on any atom is -0.263 e. The number of nitrogens with zero attached hydrogens (tertiary/aromatic N) is 3. The van der Waals surface area contributed by atoms with Gasteiger partial charge in [0.25, 0.3) is 0 Å². The van der Waals surface area contributed by atoms with Crippen molar-refractivity contribution in [1.82, 2.24) is 19.5 Å². The predicted molar refractivity (Wildman–Crippen MR) is 75.7 cm³/mol. The molecule has 0 atom stereocenters. The summed E-state index contributed by atoms with van der Waals surface area (Å²) in [6.07, 6.45) is 0. The highest BCUT2D eigenvalue weighted by Gasteiger charge is 2.22. The van der Waals surface area contributed by atoms with Crippen LogP contribution in [-0.2, 0) is 16.6 Å². The Bertz CT molecular complexity index is 722. The number of aryl methyl sites for hydroxylation is 3. The van der Waals surface area contributed by atoms with Gasteiger partial charge in [0.15, 0.2) is 5.82 Å². The van der Waals surface area contributed by atoms with E-state index in [0.29, 0.717) is 11.6 Å². The second kappa shape index (κ2) is 5.34. The molecule has 0 radical (unpaired) electrons. The van der Waals surface area contributed by atoms with Gasteiger partial charge in [-0.1, -0.05) is 6.07 Å². The zero-order chi connectivity index (χ0) is 14.9. The van der Waals surface area contributed by atoms with Crippen LogP contribution in [0.4, 0.5) is 0 Å². The molecule has 1 aromatic heterocycles. The number of benzene rings is 1. The third-order valence-corrected chi connectivity index (χ3v) is 4.99. The van der Waals surface area contributed by atoms with Crippen LogP contribution in [0.2, 0.25) is 0 Å². The summed E-state index contributed by atoms with van der Waals surface area (Å²) in [5, 5.41) is 6.65. The van der Waals surface area contributed by atoms with Gasteiger partial charge in [-0.3, -0.25) is 5.10 Å². The summed E-state index contributed by atoms with van der Waals surface area (Å²) in [7, 11) is -2.00. The monoisotopic (exact) mass is 294 g/mol. The van der Waals surface area contributed by atoms with Crippen LogP contribution in [0.25, 0.3) is 0 Å². The molecule has 7 heteroatoms. The maximum Gasteiger partial charge on any atom is 0.243 e. The zero-order valence-electron chi connectivity index (χ0n) is 12.0. The largest absolute Gasteiger partial charge is 0.263 e. The summed E-state index contributed by atoms with van der Waals surface area (Å²) < 4.78 is 26.2. The van der Waals surface area contributed by atoms with Crippen molar-refractivity contribution in [3.8, 4) is 0 Å². The summed E-state index contributed by atoms with van der Waals surface area (Å²) in [4.78, 5) is 4.40. The van der Waals surface area contributed by atoms with E-state index in [9.17, 15) is 8.42 Å². The fourth-order valence-corrected chi connectivity index (χ4v) is 3.01. The van der Waals surface area contributed by atoms with Crippen LogP contribution in [0.5, 0.6) is 0 Å². The molecule has 20 heavy (non-hydrogen) atoms. The molecule has 0 saturated carbocycles. The number of hydrogen-bond donors (Lipinski definition) is 1.